The summed E-state index contributed by atoms with van der Waals surface area (Å²) in [7, 11) is 0. The van der Waals surface area contributed by atoms with Crippen molar-refractivity contribution >= 4 is 5.91 Å². The Balaban J connectivity index is 1.77. The molecular weight excluding hydrogens is 318 g/mol. The quantitative estimate of drug-likeness (QED) is 0.865. The molecule has 1 amide bonds. The third-order valence-electron chi connectivity index (χ3n) is 5.02. The Hall–Kier alpha value is -2.47. The summed E-state index contributed by atoms with van der Waals surface area (Å²) in [6.07, 6.45) is 2.70. The Bertz CT molecular complexity index is 803. The lowest BCUT2D eigenvalue weighted by molar-refractivity contribution is 0.0824. The smallest absolute Gasteiger partial charge is 0.271 e. The molecule has 1 aliphatic carbocycles. The number of amides is 1. The first-order valence-electron chi connectivity index (χ1n) is 8.56. The second kappa shape index (κ2) is 7.19. The molecule has 0 bridgehead atoms. The van der Waals surface area contributed by atoms with Crippen molar-refractivity contribution < 1.29 is 9.90 Å². The minimum Gasteiger partial charge on any atom is -0.396 e. The van der Waals surface area contributed by atoms with Crippen LogP contribution in [0.15, 0.2) is 47.3 Å². The lowest BCUT2D eigenvalue weighted by Crippen LogP contribution is -2.45. The van der Waals surface area contributed by atoms with Crippen LogP contribution in [0.1, 0.15) is 42.2 Å². The predicted molar refractivity (Wildman–Crippen MR) is 94.3 cm³/mol. The zero-order chi connectivity index (χ0) is 17.9. The van der Waals surface area contributed by atoms with Crippen LogP contribution in [0.3, 0.4) is 0 Å². The first-order chi connectivity index (χ1) is 12.0. The summed E-state index contributed by atoms with van der Waals surface area (Å²) in [6.45, 7) is 2.34. The summed E-state index contributed by atoms with van der Waals surface area (Å²) < 4.78 is 1.30. The highest BCUT2D eigenvalue weighted by Gasteiger charge is 2.39. The van der Waals surface area contributed by atoms with Gasteiger partial charge in [-0.15, -0.1) is 0 Å². The van der Waals surface area contributed by atoms with Crippen molar-refractivity contribution in [3.63, 3.8) is 0 Å². The molecule has 3 rings (SSSR count). The zero-order valence-electron chi connectivity index (χ0n) is 14.3. The van der Waals surface area contributed by atoms with E-state index in [1.54, 1.807) is 0 Å². The van der Waals surface area contributed by atoms with Crippen LogP contribution in [-0.4, -0.2) is 33.4 Å². The van der Waals surface area contributed by atoms with Gasteiger partial charge >= 0.3 is 0 Å². The van der Waals surface area contributed by atoms with Crippen molar-refractivity contribution in [2.75, 3.05) is 6.61 Å². The van der Waals surface area contributed by atoms with E-state index in [9.17, 15) is 14.7 Å². The normalized spacial score (nSPS) is 22.7. The fraction of sp³-hybridized carbons (Fsp3) is 0.421. The number of aliphatic hydroxyl groups excluding tert-OH is 1. The molecule has 2 N–H and O–H groups in total. The lowest BCUT2D eigenvalue weighted by atomic mass is 9.86. The van der Waals surface area contributed by atoms with Crippen LogP contribution in [-0.2, 0) is 6.54 Å². The molecule has 1 aromatic heterocycles. The zero-order valence-corrected chi connectivity index (χ0v) is 14.3. The van der Waals surface area contributed by atoms with E-state index in [-0.39, 0.29) is 35.2 Å². The molecule has 0 saturated heterocycles. The predicted octanol–water partition coefficient (Wildman–Crippen LogP) is 1.57. The maximum atomic E-state index is 12.5. The number of aliphatic hydroxyl groups is 1. The van der Waals surface area contributed by atoms with Crippen molar-refractivity contribution in [3.05, 3.63) is 64.1 Å². The average Bonchev–Trinajstić information content (AvgIpc) is 2.99. The number of benzene rings is 1. The summed E-state index contributed by atoms with van der Waals surface area (Å²) in [6, 6.07) is 12.2. The standard InChI is InChI=1S/C19H23N3O3/c1-19(13-23)11-5-8-16(19)20-18(25)15-9-10-17(24)22(21-15)12-14-6-3-2-4-7-14/h2-4,6-7,9-10,16,23H,5,8,11-13H2,1H3,(H,20,25). The summed E-state index contributed by atoms with van der Waals surface area (Å²) in [5, 5.41) is 16.8. The molecular formula is C19H23N3O3. The number of carbonyl (C=O) groups is 1. The van der Waals surface area contributed by atoms with Crippen molar-refractivity contribution in [1.29, 1.82) is 0 Å². The number of nitrogens with zero attached hydrogens (tertiary/aromatic N) is 2. The van der Waals surface area contributed by atoms with Gasteiger partial charge in [0.1, 0.15) is 5.69 Å². The third kappa shape index (κ3) is 3.79. The summed E-state index contributed by atoms with van der Waals surface area (Å²) in [5.41, 5.74) is 0.608. The van der Waals surface area contributed by atoms with Crippen LogP contribution in [0, 0.1) is 5.41 Å². The maximum Gasteiger partial charge on any atom is 0.271 e. The second-order valence-corrected chi connectivity index (χ2v) is 6.93. The molecule has 1 aromatic carbocycles. The highest BCUT2D eigenvalue weighted by atomic mass is 16.3. The SMILES string of the molecule is CC1(CO)CCCC1NC(=O)c1ccc(=O)n(Cc2ccccc2)n1. The Kier molecular flexibility index (Phi) is 4.99. The van der Waals surface area contributed by atoms with Crippen molar-refractivity contribution in [2.45, 2.75) is 38.8 Å². The molecule has 25 heavy (non-hydrogen) atoms. The van der Waals surface area contributed by atoms with E-state index in [2.05, 4.69) is 10.4 Å². The molecule has 1 aliphatic rings. The van der Waals surface area contributed by atoms with Gasteiger partial charge in [-0.2, -0.15) is 5.10 Å². The first-order valence-corrected chi connectivity index (χ1v) is 8.56. The van der Waals surface area contributed by atoms with Crippen LogP contribution in [0.4, 0.5) is 0 Å². The molecule has 0 radical (unpaired) electrons. The molecule has 2 unspecified atom stereocenters. The van der Waals surface area contributed by atoms with E-state index in [1.165, 1.54) is 16.8 Å². The van der Waals surface area contributed by atoms with Gasteiger partial charge in [-0.1, -0.05) is 43.7 Å². The van der Waals surface area contributed by atoms with E-state index in [4.69, 9.17) is 0 Å². The summed E-state index contributed by atoms with van der Waals surface area (Å²) in [5.74, 6) is -0.312. The Morgan fingerprint density at radius 1 is 1.32 bits per heavy atom. The molecule has 0 aliphatic heterocycles. The summed E-state index contributed by atoms with van der Waals surface area (Å²) >= 11 is 0. The van der Waals surface area contributed by atoms with Gasteiger partial charge < -0.3 is 10.4 Å². The minimum absolute atomic E-state index is 0.0406. The fourth-order valence-electron chi connectivity index (χ4n) is 3.34. The van der Waals surface area contributed by atoms with Gasteiger partial charge in [0.2, 0.25) is 0 Å². The number of carbonyl (C=O) groups excluding carboxylic acids is 1. The molecule has 1 saturated carbocycles. The van der Waals surface area contributed by atoms with E-state index >= 15 is 0 Å². The Morgan fingerprint density at radius 2 is 2.08 bits per heavy atom. The van der Waals surface area contributed by atoms with Crippen molar-refractivity contribution in [1.82, 2.24) is 15.1 Å². The van der Waals surface area contributed by atoms with Crippen molar-refractivity contribution in [2.24, 2.45) is 5.41 Å². The monoisotopic (exact) mass is 341 g/mol. The number of hydrogen-bond acceptors (Lipinski definition) is 4. The molecule has 132 valence electrons. The molecule has 6 heteroatoms. The number of aromatic nitrogens is 2. The average molecular weight is 341 g/mol. The highest BCUT2D eigenvalue weighted by Crippen LogP contribution is 2.37. The topological polar surface area (TPSA) is 84.2 Å². The first kappa shape index (κ1) is 17.4. The Morgan fingerprint density at radius 3 is 2.80 bits per heavy atom. The van der Waals surface area contributed by atoms with Crippen LogP contribution >= 0.6 is 0 Å². The van der Waals surface area contributed by atoms with E-state index < -0.39 is 0 Å². The van der Waals surface area contributed by atoms with Gasteiger partial charge in [0.25, 0.3) is 11.5 Å². The van der Waals surface area contributed by atoms with Gasteiger partial charge in [0.15, 0.2) is 0 Å². The number of hydrogen-bond donors (Lipinski definition) is 2. The maximum absolute atomic E-state index is 12.5. The van der Waals surface area contributed by atoms with Crippen LogP contribution in [0.25, 0.3) is 0 Å². The molecule has 6 nitrogen and oxygen atoms in total. The largest absolute Gasteiger partial charge is 0.396 e. The molecule has 2 atom stereocenters. The number of rotatable bonds is 5. The Labute approximate surface area is 146 Å². The van der Waals surface area contributed by atoms with Gasteiger partial charge in [-0.05, 0) is 24.5 Å². The third-order valence-corrected chi connectivity index (χ3v) is 5.02. The fourth-order valence-corrected chi connectivity index (χ4v) is 3.34. The highest BCUT2D eigenvalue weighted by molar-refractivity contribution is 5.92. The van der Waals surface area contributed by atoms with Gasteiger partial charge in [-0.25, -0.2) is 4.68 Å². The van der Waals surface area contributed by atoms with E-state index in [0.29, 0.717) is 6.54 Å². The molecule has 0 spiro atoms. The van der Waals surface area contributed by atoms with Crippen LogP contribution < -0.4 is 10.9 Å². The van der Waals surface area contributed by atoms with E-state index in [0.717, 1.165) is 24.8 Å². The molecule has 1 heterocycles. The summed E-state index contributed by atoms with van der Waals surface area (Å²) in [4.78, 5) is 24.6. The van der Waals surface area contributed by atoms with Gasteiger partial charge in [0, 0.05) is 17.5 Å². The lowest BCUT2D eigenvalue weighted by Gasteiger charge is -2.29. The van der Waals surface area contributed by atoms with Crippen LogP contribution in [0.5, 0.6) is 0 Å². The van der Waals surface area contributed by atoms with Gasteiger partial charge in [-0.3, -0.25) is 9.59 Å². The number of nitrogens with one attached hydrogen (secondary N) is 1. The van der Waals surface area contributed by atoms with Crippen LogP contribution in [0.2, 0.25) is 0 Å². The molecule has 1 fully saturated rings. The van der Waals surface area contributed by atoms with E-state index in [1.807, 2.05) is 37.3 Å². The van der Waals surface area contributed by atoms with Crippen molar-refractivity contribution in [3.8, 4) is 0 Å². The second-order valence-electron chi connectivity index (χ2n) is 6.93. The van der Waals surface area contributed by atoms with Gasteiger partial charge in [0.05, 0.1) is 13.2 Å². The molecule has 2 aromatic rings. The minimum atomic E-state index is -0.312.